The number of hydrogen-bond donors (Lipinski definition) is 0. The Morgan fingerprint density at radius 3 is 2.27 bits per heavy atom. The van der Waals surface area contributed by atoms with Crippen LogP contribution in [-0.4, -0.2) is 16.7 Å². The van der Waals surface area contributed by atoms with Crippen molar-refractivity contribution in [1.82, 2.24) is 0 Å². The van der Waals surface area contributed by atoms with Gasteiger partial charge in [-0.05, 0) is 30.4 Å². The van der Waals surface area contributed by atoms with Crippen LogP contribution in [0.5, 0.6) is 0 Å². The first kappa shape index (κ1) is 13.1. The van der Waals surface area contributed by atoms with Crippen LogP contribution in [0, 0.1) is 39.6 Å². The van der Waals surface area contributed by atoms with Gasteiger partial charge in [0.15, 0.2) is 0 Å². The van der Waals surface area contributed by atoms with Gasteiger partial charge in [0, 0.05) is 0 Å². The predicted molar refractivity (Wildman–Crippen MR) is 73.3 cm³/mol. The van der Waals surface area contributed by atoms with E-state index in [1.807, 2.05) is 12.2 Å². The van der Waals surface area contributed by atoms with E-state index < -0.39 is 40.1 Å². The number of rotatable bonds is 2. The van der Waals surface area contributed by atoms with Crippen molar-refractivity contribution in [1.29, 1.82) is 0 Å². The van der Waals surface area contributed by atoms with E-state index in [1.54, 1.807) is 0 Å². The number of imide groups is 1. The molecular weight excluding hydrogens is 291 g/mol. The largest absolute Gasteiger partial charge is 0.296 e. The zero-order chi connectivity index (χ0) is 15.6. The highest BCUT2D eigenvalue weighted by Crippen LogP contribution is 2.53. The number of allylic oxidation sites excluding steroid dienone is 2. The Bertz CT molecular complexity index is 730. The van der Waals surface area contributed by atoms with E-state index in [4.69, 9.17) is 0 Å². The Kier molecular flexibility index (Phi) is 2.52. The Morgan fingerprint density at radius 1 is 1.14 bits per heavy atom. The third-order valence-corrected chi connectivity index (χ3v) is 4.85. The summed E-state index contributed by atoms with van der Waals surface area (Å²) in [6.45, 7) is 0. The van der Waals surface area contributed by atoms with Crippen molar-refractivity contribution in [3.8, 4) is 0 Å². The lowest BCUT2D eigenvalue weighted by Gasteiger charge is -2.17. The molecule has 3 aliphatic rings. The van der Waals surface area contributed by atoms with Crippen molar-refractivity contribution in [2.24, 2.45) is 23.7 Å². The van der Waals surface area contributed by atoms with E-state index in [9.17, 15) is 24.1 Å². The van der Waals surface area contributed by atoms with Crippen molar-refractivity contribution >= 4 is 23.2 Å². The van der Waals surface area contributed by atoms with Crippen LogP contribution >= 0.6 is 0 Å². The standard InChI is InChI=1S/C15H11FN2O4/c16-9-3-4-10(11(6-9)18(21)22)17-14(19)12-7-1-2-8(5-7)13(12)15(17)20/h1-4,6-8,12-13H,5H2/t7-,8-,12+,13+/m0/s1. The molecule has 0 unspecified atom stereocenters. The fourth-order valence-electron chi connectivity index (χ4n) is 3.97. The lowest BCUT2D eigenvalue weighted by Crippen LogP contribution is -2.33. The van der Waals surface area contributed by atoms with Gasteiger partial charge in [-0.2, -0.15) is 0 Å². The molecule has 0 spiro atoms. The minimum absolute atomic E-state index is 0.0240. The van der Waals surface area contributed by atoms with E-state index in [2.05, 4.69) is 0 Å². The van der Waals surface area contributed by atoms with E-state index >= 15 is 0 Å². The summed E-state index contributed by atoms with van der Waals surface area (Å²) in [5.74, 6) is -2.44. The van der Waals surface area contributed by atoms with Crippen LogP contribution in [0.2, 0.25) is 0 Å². The van der Waals surface area contributed by atoms with E-state index in [1.165, 1.54) is 0 Å². The summed E-state index contributed by atoms with van der Waals surface area (Å²) in [6, 6.07) is 2.88. The van der Waals surface area contributed by atoms with Crippen LogP contribution in [0.25, 0.3) is 0 Å². The number of anilines is 1. The SMILES string of the molecule is O=C1[C@H]2[C@H](C(=O)N1c1ccc(F)cc1[N+](=O)[O-])[C@H]1C=C[C@H]2C1. The lowest BCUT2D eigenvalue weighted by atomic mass is 9.85. The molecule has 6 nitrogen and oxygen atoms in total. The monoisotopic (exact) mass is 302 g/mol. The maximum Gasteiger partial charge on any atom is 0.296 e. The second kappa shape index (κ2) is 4.22. The maximum atomic E-state index is 13.3. The van der Waals surface area contributed by atoms with Gasteiger partial charge in [-0.15, -0.1) is 0 Å². The molecule has 2 bridgehead atoms. The maximum absolute atomic E-state index is 13.3. The Morgan fingerprint density at radius 2 is 1.73 bits per heavy atom. The molecule has 0 N–H and O–H groups in total. The Labute approximate surface area is 124 Å². The second-order valence-corrected chi connectivity index (χ2v) is 5.90. The Hall–Kier alpha value is -2.57. The number of nitro benzene ring substituents is 1. The second-order valence-electron chi connectivity index (χ2n) is 5.90. The number of carbonyl (C=O) groups excluding carboxylic acids is 2. The normalized spacial score (nSPS) is 32.0. The third kappa shape index (κ3) is 1.53. The Balaban J connectivity index is 1.81. The van der Waals surface area contributed by atoms with Crippen LogP contribution < -0.4 is 4.90 Å². The lowest BCUT2D eigenvalue weighted by molar-refractivity contribution is -0.384. The summed E-state index contributed by atoms with van der Waals surface area (Å²) in [5.41, 5.74) is -0.711. The summed E-state index contributed by atoms with van der Waals surface area (Å²) in [6.07, 6.45) is 4.67. The fraction of sp³-hybridized carbons (Fsp3) is 0.333. The molecule has 1 heterocycles. The molecule has 1 saturated heterocycles. The van der Waals surface area contributed by atoms with Crippen molar-refractivity contribution in [3.05, 3.63) is 46.3 Å². The minimum atomic E-state index is -0.781. The third-order valence-electron chi connectivity index (χ3n) is 4.85. The van der Waals surface area contributed by atoms with Gasteiger partial charge in [-0.3, -0.25) is 19.7 Å². The first-order chi connectivity index (χ1) is 10.5. The van der Waals surface area contributed by atoms with Gasteiger partial charge in [-0.1, -0.05) is 12.2 Å². The first-order valence-corrected chi connectivity index (χ1v) is 6.99. The number of amides is 2. The highest BCUT2D eigenvalue weighted by Gasteiger charge is 2.60. The molecule has 1 aliphatic heterocycles. The smallest absolute Gasteiger partial charge is 0.274 e. The van der Waals surface area contributed by atoms with Gasteiger partial charge in [0.25, 0.3) is 5.69 Å². The number of benzene rings is 1. The van der Waals surface area contributed by atoms with Crippen LogP contribution in [0.1, 0.15) is 6.42 Å². The molecule has 1 saturated carbocycles. The highest BCUT2D eigenvalue weighted by molar-refractivity contribution is 6.23. The van der Waals surface area contributed by atoms with Crippen LogP contribution in [0.15, 0.2) is 30.4 Å². The van der Waals surface area contributed by atoms with Crippen LogP contribution in [0.4, 0.5) is 15.8 Å². The number of nitro groups is 1. The van der Waals surface area contributed by atoms with Gasteiger partial charge < -0.3 is 0 Å². The summed E-state index contributed by atoms with van der Waals surface area (Å²) in [7, 11) is 0. The van der Waals surface area contributed by atoms with Gasteiger partial charge in [0.1, 0.15) is 11.5 Å². The topological polar surface area (TPSA) is 80.5 Å². The number of halogens is 1. The van der Waals surface area contributed by atoms with Gasteiger partial charge in [0.05, 0.1) is 22.8 Å². The van der Waals surface area contributed by atoms with Crippen molar-refractivity contribution in [3.63, 3.8) is 0 Å². The quantitative estimate of drug-likeness (QED) is 0.362. The first-order valence-electron chi connectivity index (χ1n) is 6.99. The molecular formula is C15H11FN2O4. The highest BCUT2D eigenvalue weighted by atomic mass is 19.1. The van der Waals surface area contributed by atoms with Crippen molar-refractivity contribution in [2.75, 3.05) is 4.90 Å². The molecule has 7 heteroatoms. The predicted octanol–water partition coefficient (Wildman–Crippen LogP) is 2.05. The van der Waals surface area contributed by atoms with E-state index in [0.29, 0.717) is 0 Å². The van der Waals surface area contributed by atoms with Gasteiger partial charge in [0.2, 0.25) is 11.8 Å². The van der Waals surface area contributed by atoms with Crippen molar-refractivity contribution in [2.45, 2.75) is 6.42 Å². The van der Waals surface area contributed by atoms with E-state index in [-0.39, 0.29) is 17.5 Å². The number of carbonyl (C=O) groups is 2. The average molecular weight is 302 g/mol. The molecule has 4 atom stereocenters. The molecule has 4 rings (SSSR count). The zero-order valence-electron chi connectivity index (χ0n) is 11.3. The van der Waals surface area contributed by atoms with E-state index in [0.717, 1.165) is 29.5 Å². The summed E-state index contributed by atoms with van der Waals surface area (Å²) in [5, 5.41) is 11.1. The summed E-state index contributed by atoms with van der Waals surface area (Å²) < 4.78 is 13.3. The molecule has 2 fully saturated rings. The van der Waals surface area contributed by atoms with Gasteiger partial charge >= 0.3 is 0 Å². The molecule has 2 aliphatic carbocycles. The average Bonchev–Trinajstić information content (AvgIpc) is 3.14. The van der Waals surface area contributed by atoms with Crippen LogP contribution in [0.3, 0.4) is 0 Å². The molecule has 0 radical (unpaired) electrons. The fourth-order valence-corrected chi connectivity index (χ4v) is 3.97. The number of nitrogens with zero attached hydrogens (tertiary/aromatic N) is 2. The molecule has 1 aromatic carbocycles. The minimum Gasteiger partial charge on any atom is -0.274 e. The number of hydrogen-bond acceptors (Lipinski definition) is 4. The molecule has 22 heavy (non-hydrogen) atoms. The zero-order valence-corrected chi connectivity index (χ0v) is 11.3. The number of fused-ring (bicyclic) bond motifs is 5. The molecule has 2 amide bonds. The summed E-state index contributed by atoms with van der Waals surface area (Å²) >= 11 is 0. The molecule has 112 valence electrons. The molecule has 0 aromatic heterocycles. The van der Waals surface area contributed by atoms with Crippen molar-refractivity contribution < 1.29 is 18.9 Å². The van der Waals surface area contributed by atoms with Gasteiger partial charge in [-0.25, -0.2) is 9.29 Å². The summed E-state index contributed by atoms with van der Waals surface area (Å²) in [4.78, 5) is 36.4. The van der Waals surface area contributed by atoms with Crippen LogP contribution in [-0.2, 0) is 9.59 Å². The molecule has 1 aromatic rings.